The third-order valence-corrected chi connectivity index (χ3v) is 5.95. The minimum absolute atomic E-state index is 0.0287. The van der Waals surface area contributed by atoms with Crippen LogP contribution in [-0.2, 0) is 14.3 Å². The number of amides is 1. The molecule has 2 fully saturated rings. The lowest BCUT2D eigenvalue weighted by Gasteiger charge is -2.35. The summed E-state index contributed by atoms with van der Waals surface area (Å²) >= 11 is 5.98. The number of rotatable bonds is 2. The van der Waals surface area contributed by atoms with Gasteiger partial charge in [-0.2, -0.15) is 0 Å². The fourth-order valence-electron chi connectivity index (χ4n) is 4.24. The van der Waals surface area contributed by atoms with Crippen LogP contribution in [0.15, 0.2) is 42.5 Å². The van der Waals surface area contributed by atoms with E-state index in [0.717, 1.165) is 22.3 Å². The van der Waals surface area contributed by atoms with E-state index in [4.69, 9.17) is 16.3 Å². The first-order chi connectivity index (χ1) is 12.9. The fourth-order valence-corrected chi connectivity index (χ4v) is 4.37. The Hall–Kier alpha value is -2.17. The summed E-state index contributed by atoms with van der Waals surface area (Å²) < 4.78 is 5.59. The molecule has 3 atom stereocenters. The van der Waals surface area contributed by atoms with Crippen LogP contribution in [0.4, 0.5) is 0 Å². The van der Waals surface area contributed by atoms with Gasteiger partial charge in [0.2, 0.25) is 5.91 Å². The molecule has 0 saturated carbocycles. The smallest absolute Gasteiger partial charge is 0.235 e. The highest BCUT2D eigenvalue weighted by molar-refractivity contribution is 6.30. The number of ether oxygens (including phenoxy) is 1. The molecule has 1 spiro atoms. The highest BCUT2D eigenvalue weighted by Gasteiger charge is 2.54. The Labute approximate surface area is 163 Å². The molecule has 0 radical (unpaired) electrons. The fraction of sp³-hybridized carbons (Fsp3) is 0.364. The highest BCUT2D eigenvalue weighted by Crippen LogP contribution is 2.39. The molecule has 140 valence electrons. The molecule has 2 saturated heterocycles. The van der Waals surface area contributed by atoms with Crippen LogP contribution in [0.5, 0.6) is 0 Å². The molecule has 2 aliphatic rings. The summed E-state index contributed by atoms with van der Waals surface area (Å²) in [7, 11) is 0. The highest BCUT2D eigenvalue weighted by atomic mass is 35.5. The molecule has 4 rings (SSSR count). The van der Waals surface area contributed by atoms with Gasteiger partial charge in [-0.15, -0.1) is 0 Å². The maximum Gasteiger partial charge on any atom is 0.235 e. The second-order valence-electron chi connectivity index (χ2n) is 7.58. The number of ketones is 1. The van der Waals surface area contributed by atoms with Crippen LogP contribution in [-0.4, -0.2) is 29.9 Å². The monoisotopic (exact) mass is 383 g/mol. The molecular weight excluding hydrogens is 362 g/mol. The summed E-state index contributed by atoms with van der Waals surface area (Å²) in [6.07, 6.45) is 1.03. The number of carbonyl (C=O) groups is 2. The molecule has 2 heterocycles. The topological polar surface area (TPSA) is 55.4 Å². The van der Waals surface area contributed by atoms with E-state index in [-0.39, 0.29) is 17.8 Å². The number of hydrogen-bond acceptors (Lipinski definition) is 3. The number of hydrogen-bond donors (Lipinski definition) is 1. The number of halogens is 1. The lowest BCUT2D eigenvalue weighted by Crippen LogP contribution is -2.52. The zero-order chi connectivity index (χ0) is 19.2. The van der Waals surface area contributed by atoms with Gasteiger partial charge in [0, 0.05) is 24.5 Å². The first-order valence-corrected chi connectivity index (χ1v) is 9.62. The molecule has 2 aromatic rings. The Morgan fingerprint density at radius 2 is 1.81 bits per heavy atom. The van der Waals surface area contributed by atoms with E-state index in [0.29, 0.717) is 24.5 Å². The molecule has 4 nitrogen and oxygen atoms in total. The average molecular weight is 384 g/mol. The average Bonchev–Trinajstić information content (AvgIpc) is 2.86. The molecule has 2 aromatic carbocycles. The summed E-state index contributed by atoms with van der Waals surface area (Å²) in [5, 5.41) is 3.68. The van der Waals surface area contributed by atoms with Crippen molar-refractivity contribution < 1.29 is 14.3 Å². The molecule has 3 unspecified atom stereocenters. The lowest BCUT2D eigenvalue weighted by molar-refractivity contribution is -0.129. The predicted octanol–water partition coefficient (Wildman–Crippen LogP) is 4.04. The molecule has 0 aliphatic carbocycles. The normalized spacial score (nSPS) is 27.8. The van der Waals surface area contributed by atoms with Crippen molar-refractivity contribution in [2.75, 3.05) is 6.61 Å². The van der Waals surface area contributed by atoms with Gasteiger partial charge >= 0.3 is 0 Å². The molecule has 2 aliphatic heterocycles. The number of nitrogens with one attached hydrogen (secondary N) is 1. The maximum atomic E-state index is 13.3. The zero-order valence-corrected chi connectivity index (χ0v) is 16.2. The molecule has 0 aromatic heterocycles. The van der Waals surface area contributed by atoms with Crippen molar-refractivity contribution in [2.24, 2.45) is 0 Å². The van der Waals surface area contributed by atoms with Crippen LogP contribution >= 0.6 is 11.6 Å². The van der Waals surface area contributed by atoms with Crippen molar-refractivity contribution in [3.05, 3.63) is 58.6 Å². The van der Waals surface area contributed by atoms with E-state index >= 15 is 0 Å². The minimum atomic E-state index is -0.790. The minimum Gasteiger partial charge on any atom is -0.378 e. The summed E-state index contributed by atoms with van der Waals surface area (Å²) in [6.45, 7) is 4.38. The quantitative estimate of drug-likeness (QED) is 0.796. The van der Waals surface area contributed by atoms with Gasteiger partial charge in [-0.05, 0) is 54.3 Å². The van der Waals surface area contributed by atoms with E-state index in [1.165, 1.54) is 0 Å². The van der Waals surface area contributed by atoms with Crippen LogP contribution in [0, 0.1) is 6.92 Å². The SMILES string of the molecule is Cc1ccc(-c2ccc(Cl)cc2)cc1C1C(=O)NC2(CCOC(C)C2)C1=O. The molecule has 0 bridgehead atoms. The van der Waals surface area contributed by atoms with E-state index in [1.54, 1.807) is 0 Å². The van der Waals surface area contributed by atoms with Crippen molar-refractivity contribution in [3.63, 3.8) is 0 Å². The van der Waals surface area contributed by atoms with Gasteiger partial charge in [0.25, 0.3) is 0 Å². The predicted molar refractivity (Wildman–Crippen MR) is 105 cm³/mol. The second kappa shape index (κ2) is 6.77. The summed E-state index contributed by atoms with van der Waals surface area (Å²) in [6, 6.07) is 13.5. The molecule has 27 heavy (non-hydrogen) atoms. The Balaban J connectivity index is 1.72. The van der Waals surface area contributed by atoms with Gasteiger partial charge in [0.15, 0.2) is 5.78 Å². The molecule has 5 heteroatoms. The van der Waals surface area contributed by atoms with Gasteiger partial charge < -0.3 is 10.1 Å². The van der Waals surface area contributed by atoms with Gasteiger partial charge in [-0.3, -0.25) is 9.59 Å². The Morgan fingerprint density at radius 1 is 1.11 bits per heavy atom. The molecule has 1 N–H and O–H groups in total. The van der Waals surface area contributed by atoms with Crippen LogP contribution in [0.1, 0.15) is 36.8 Å². The first kappa shape index (κ1) is 18.2. The van der Waals surface area contributed by atoms with Crippen molar-refractivity contribution in [2.45, 2.75) is 44.2 Å². The van der Waals surface area contributed by atoms with Gasteiger partial charge in [-0.1, -0.05) is 35.9 Å². The standard InChI is InChI=1S/C22H22ClNO3/c1-13-3-4-16(15-5-7-17(23)8-6-15)11-18(13)19-20(25)22(24-21(19)26)9-10-27-14(2)12-22/h3-8,11,14,19H,9-10,12H2,1-2H3,(H,24,26). The largest absolute Gasteiger partial charge is 0.378 e. The van der Waals surface area contributed by atoms with Gasteiger partial charge in [0.05, 0.1) is 6.10 Å². The third kappa shape index (κ3) is 3.17. The van der Waals surface area contributed by atoms with Gasteiger partial charge in [0.1, 0.15) is 11.5 Å². The Kier molecular flexibility index (Phi) is 4.57. The van der Waals surface area contributed by atoms with E-state index in [9.17, 15) is 9.59 Å². The van der Waals surface area contributed by atoms with E-state index < -0.39 is 11.5 Å². The number of benzene rings is 2. The van der Waals surface area contributed by atoms with Crippen molar-refractivity contribution in [1.29, 1.82) is 0 Å². The Morgan fingerprint density at radius 3 is 2.52 bits per heavy atom. The summed E-state index contributed by atoms with van der Waals surface area (Å²) in [5.74, 6) is -0.994. The van der Waals surface area contributed by atoms with E-state index in [2.05, 4.69) is 5.32 Å². The van der Waals surface area contributed by atoms with Crippen molar-refractivity contribution >= 4 is 23.3 Å². The van der Waals surface area contributed by atoms with Crippen LogP contribution in [0.2, 0.25) is 5.02 Å². The molecule has 1 amide bonds. The zero-order valence-electron chi connectivity index (χ0n) is 15.4. The number of Topliss-reactive ketones (excluding diaryl/α,β-unsaturated/α-hetero) is 1. The summed E-state index contributed by atoms with van der Waals surface area (Å²) in [4.78, 5) is 26.1. The summed E-state index contributed by atoms with van der Waals surface area (Å²) in [5.41, 5.74) is 2.90. The van der Waals surface area contributed by atoms with Gasteiger partial charge in [-0.25, -0.2) is 0 Å². The number of carbonyl (C=O) groups excluding carboxylic acids is 2. The second-order valence-corrected chi connectivity index (χ2v) is 8.02. The molecular formula is C22H22ClNO3. The third-order valence-electron chi connectivity index (χ3n) is 5.69. The first-order valence-electron chi connectivity index (χ1n) is 9.24. The van der Waals surface area contributed by atoms with Crippen molar-refractivity contribution in [1.82, 2.24) is 5.32 Å². The van der Waals surface area contributed by atoms with E-state index in [1.807, 2.05) is 56.3 Å². The van der Waals surface area contributed by atoms with Crippen LogP contribution < -0.4 is 5.32 Å². The number of aryl methyl sites for hydroxylation is 1. The Bertz CT molecular complexity index is 908. The van der Waals surface area contributed by atoms with Crippen molar-refractivity contribution in [3.8, 4) is 11.1 Å². The van der Waals surface area contributed by atoms with Crippen LogP contribution in [0.3, 0.4) is 0 Å². The van der Waals surface area contributed by atoms with Crippen LogP contribution in [0.25, 0.3) is 11.1 Å². The lowest BCUT2D eigenvalue weighted by atomic mass is 9.79. The maximum absolute atomic E-state index is 13.3.